The van der Waals surface area contributed by atoms with Crippen molar-refractivity contribution >= 4 is 11.4 Å². The Hall–Kier alpha value is -2.32. The first kappa shape index (κ1) is 13.4. The van der Waals surface area contributed by atoms with Gasteiger partial charge in [-0.05, 0) is 43.5 Å². The van der Waals surface area contributed by atoms with Gasteiger partial charge in [0.2, 0.25) is 0 Å². The van der Waals surface area contributed by atoms with E-state index in [0.29, 0.717) is 11.1 Å². The molecule has 2 fully saturated rings. The smallest absolute Gasteiger partial charge is 0.253 e. The summed E-state index contributed by atoms with van der Waals surface area (Å²) < 4.78 is 1.83. The maximum absolute atomic E-state index is 12.5. The number of rotatable bonds is 2. The molecule has 1 amide bonds. The highest BCUT2D eigenvalue weighted by atomic mass is 16.1. The first-order valence-corrected chi connectivity index (χ1v) is 7.76. The van der Waals surface area contributed by atoms with Crippen LogP contribution in [0.1, 0.15) is 28.8 Å². The molecule has 2 saturated heterocycles. The van der Waals surface area contributed by atoms with Crippen molar-refractivity contribution in [3.8, 4) is 6.07 Å². The molecule has 22 heavy (non-hydrogen) atoms. The van der Waals surface area contributed by atoms with Crippen molar-refractivity contribution in [3.05, 3.63) is 41.7 Å². The standard InChI is InChI=1S/C17H18N4O/c18-7-13-6-16-2-1-14(10-21(16)9-13)17(22)19-15-5-12-3-4-20(8-12)11-15/h1-2,6,9-10,12,15H,3-5,8,11H2,(H,19,22)/t12-,15+/m0/s1. The van der Waals surface area contributed by atoms with Crippen molar-refractivity contribution < 1.29 is 4.79 Å². The Morgan fingerprint density at radius 3 is 3.05 bits per heavy atom. The predicted molar refractivity (Wildman–Crippen MR) is 82.5 cm³/mol. The lowest BCUT2D eigenvalue weighted by atomic mass is 9.96. The minimum Gasteiger partial charge on any atom is -0.348 e. The van der Waals surface area contributed by atoms with E-state index in [0.717, 1.165) is 24.4 Å². The molecule has 0 aromatic carbocycles. The van der Waals surface area contributed by atoms with E-state index in [-0.39, 0.29) is 11.9 Å². The lowest BCUT2D eigenvalue weighted by Crippen LogP contribution is -2.47. The van der Waals surface area contributed by atoms with Gasteiger partial charge < -0.3 is 14.6 Å². The van der Waals surface area contributed by atoms with Gasteiger partial charge in [-0.15, -0.1) is 0 Å². The van der Waals surface area contributed by atoms with Crippen LogP contribution >= 0.6 is 0 Å². The third kappa shape index (κ3) is 2.36. The minimum atomic E-state index is -0.0263. The van der Waals surface area contributed by atoms with Crippen LogP contribution in [-0.4, -0.2) is 40.9 Å². The molecule has 4 rings (SSSR count). The zero-order chi connectivity index (χ0) is 15.1. The van der Waals surface area contributed by atoms with Crippen LogP contribution in [0.3, 0.4) is 0 Å². The highest BCUT2D eigenvalue weighted by Gasteiger charge is 2.32. The van der Waals surface area contributed by atoms with Gasteiger partial charge >= 0.3 is 0 Å². The highest BCUT2D eigenvalue weighted by molar-refractivity contribution is 5.94. The molecule has 3 atom stereocenters. The molecule has 112 valence electrons. The number of nitrogens with zero attached hydrogens (tertiary/aromatic N) is 3. The number of piperidine rings is 1. The largest absolute Gasteiger partial charge is 0.348 e. The number of hydrogen-bond donors (Lipinski definition) is 1. The van der Waals surface area contributed by atoms with Crippen molar-refractivity contribution in [3.63, 3.8) is 0 Å². The van der Waals surface area contributed by atoms with Crippen LogP contribution < -0.4 is 5.32 Å². The molecule has 2 aliphatic heterocycles. The minimum absolute atomic E-state index is 0.0263. The van der Waals surface area contributed by atoms with E-state index in [1.807, 2.05) is 22.6 Å². The molecule has 1 unspecified atom stereocenters. The summed E-state index contributed by atoms with van der Waals surface area (Å²) in [6.07, 6.45) is 5.90. The van der Waals surface area contributed by atoms with E-state index in [9.17, 15) is 4.79 Å². The molecule has 0 saturated carbocycles. The fraction of sp³-hybridized carbons (Fsp3) is 0.412. The molecule has 0 aliphatic carbocycles. The molecule has 2 bridgehead atoms. The van der Waals surface area contributed by atoms with Crippen molar-refractivity contribution in [2.75, 3.05) is 19.6 Å². The number of hydrogen-bond acceptors (Lipinski definition) is 3. The Bertz CT molecular complexity index is 761. The third-order valence-electron chi connectivity index (χ3n) is 4.78. The zero-order valence-electron chi connectivity index (χ0n) is 12.3. The summed E-state index contributed by atoms with van der Waals surface area (Å²) in [7, 11) is 0. The highest BCUT2D eigenvalue weighted by Crippen LogP contribution is 2.26. The van der Waals surface area contributed by atoms with E-state index in [4.69, 9.17) is 5.26 Å². The second kappa shape index (κ2) is 5.15. The van der Waals surface area contributed by atoms with Gasteiger partial charge in [0.1, 0.15) is 6.07 Å². The van der Waals surface area contributed by atoms with E-state index in [2.05, 4.69) is 16.3 Å². The fourth-order valence-electron chi connectivity index (χ4n) is 3.74. The van der Waals surface area contributed by atoms with Gasteiger partial charge in [-0.25, -0.2) is 0 Å². The second-order valence-corrected chi connectivity index (χ2v) is 6.41. The number of amides is 1. The summed E-state index contributed by atoms with van der Waals surface area (Å²) in [5.74, 6) is 0.714. The number of carbonyl (C=O) groups is 1. The SMILES string of the molecule is N#Cc1cc2ccc(C(=O)N[C@@H]3C[C@@H]4CCN(C4)C3)cn2c1. The molecule has 5 nitrogen and oxygen atoms in total. The lowest BCUT2D eigenvalue weighted by molar-refractivity contribution is 0.0909. The van der Waals surface area contributed by atoms with Crippen LogP contribution in [0.15, 0.2) is 30.6 Å². The lowest BCUT2D eigenvalue weighted by Gasteiger charge is -2.30. The van der Waals surface area contributed by atoms with Gasteiger partial charge in [-0.3, -0.25) is 4.79 Å². The third-order valence-corrected chi connectivity index (χ3v) is 4.78. The maximum Gasteiger partial charge on any atom is 0.253 e. The zero-order valence-corrected chi connectivity index (χ0v) is 12.3. The molecule has 4 heterocycles. The van der Waals surface area contributed by atoms with E-state index >= 15 is 0 Å². The van der Waals surface area contributed by atoms with Gasteiger partial charge in [0.15, 0.2) is 0 Å². The summed E-state index contributed by atoms with van der Waals surface area (Å²) in [6, 6.07) is 7.89. The summed E-state index contributed by atoms with van der Waals surface area (Å²) in [5, 5.41) is 12.1. The fourth-order valence-corrected chi connectivity index (χ4v) is 3.74. The predicted octanol–water partition coefficient (Wildman–Crippen LogP) is 1.63. The molecule has 5 heteroatoms. The number of nitriles is 1. The monoisotopic (exact) mass is 294 g/mol. The summed E-state index contributed by atoms with van der Waals surface area (Å²) in [6.45, 7) is 3.33. The molecular weight excluding hydrogens is 276 g/mol. The van der Waals surface area contributed by atoms with Gasteiger partial charge in [-0.1, -0.05) is 0 Å². The van der Waals surface area contributed by atoms with Crippen LogP contribution in [0, 0.1) is 17.2 Å². The van der Waals surface area contributed by atoms with Crippen LogP contribution in [0.2, 0.25) is 0 Å². The maximum atomic E-state index is 12.5. The Balaban J connectivity index is 1.51. The van der Waals surface area contributed by atoms with Crippen LogP contribution in [0.25, 0.3) is 5.52 Å². The molecule has 2 aliphatic rings. The Morgan fingerprint density at radius 1 is 1.32 bits per heavy atom. The first-order valence-electron chi connectivity index (χ1n) is 7.76. The molecular formula is C17H18N4O. The molecule has 0 radical (unpaired) electrons. The van der Waals surface area contributed by atoms with E-state index in [1.54, 1.807) is 12.4 Å². The van der Waals surface area contributed by atoms with Crippen molar-refractivity contribution in [1.29, 1.82) is 5.26 Å². The van der Waals surface area contributed by atoms with Crippen LogP contribution in [0.5, 0.6) is 0 Å². The summed E-state index contributed by atoms with van der Waals surface area (Å²) in [5.41, 5.74) is 2.17. The number of fused-ring (bicyclic) bond motifs is 3. The summed E-state index contributed by atoms with van der Waals surface area (Å²) in [4.78, 5) is 14.9. The quantitative estimate of drug-likeness (QED) is 0.916. The Labute approximate surface area is 129 Å². The molecule has 0 spiro atoms. The Morgan fingerprint density at radius 2 is 2.23 bits per heavy atom. The van der Waals surface area contributed by atoms with Crippen molar-refractivity contribution in [2.45, 2.75) is 18.9 Å². The number of aromatic nitrogens is 1. The van der Waals surface area contributed by atoms with Gasteiger partial charge in [0, 0.05) is 37.0 Å². The van der Waals surface area contributed by atoms with Gasteiger partial charge in [0.05, 0.1) is 11.1 Å². The van der Waals surface area contributed by atoms with Crippen LogP contribution in [0.4, 0.5) is 0 Å². The Kier molecular flexibility index (Phi) is 3.12. The summed E-state index contributed by atoms with van der Waals surface area (Å²) >= 11 is 0. The first-order chi connectivity index (χ1) is 10.7. The number of nitrogens with one attached hydrogen (secondary N) is 1. The van der Waals surface area contributed by atoms with Gasteiger partial charge in [0.25, 0.3) is 5.91 Å². The van der Waals surface area contributed by atoms with Crippen molar-refractivity contribution in [2.24, 2.45) is 5.92 Å². The van der Waals surface area contributed by atoms with E-state index < -0.39 is 0 Å². The number of carbonyl (C=O) groups excluding carboxylic acids is 1. The van der Waals surface area contributed by atoms with Gasteiger partial charge in [-0.2, -0.15) is 5.26 Å². The molecule has 1 N–H and O–H groups in total. The van der Waals surface area contributed by atoms with Crippen molar-refractivity contribution in [1.82, 2.24) is 14.6 Å². The average Bonchev–Trinajstić information content (AvgIpc) is 3.09. The normalized spacial score (nSPS) is 26.8. The second-order valence-electron chi connectivity index (χ2n) is 6.41. The molecule has 2 aromatic heterocycles. The number of pyridine rings is 1. The van der Waals surface area contributed by atoms with E-state index in [1.165, 1.54) is 19.5 Å². The van der Waals surface area contributed by atoms with Crippen LogP contribution in [-0.2, 0) is 0 Å². The average molecular weight is 294 g/mol. The topological polar surface area (TPSA) is 60.5 Å². The molecule has 2 aromatic rings.